The number of rotatable bonds is 11. The van der Waals surface area contributed by atoms with Crippen molar-refractivity contribution in [2.24, 2.45) is 0 Å². The number of carbonyl (C=O) groups excluding carboxylic acids is 1. The average Bonchev–Trinajstić information content (AvgIpc) is 3.34. The van der Waals surface area contributed by atoms with Crippen LogP contribution < -0.4 is 14.8 Å². The molecule has 0 unspecified atom stereocenters. The van der Waals surface area contributed by atoms with Gasteiger partial charge in [-0.25, -0.2) is 0 Å². The molecule has 0 spiro atoms. The van der Waals surface area contributed by atoms with Crippen LogP contribution in [0.4, 0.5) is 5.69 Å². The van der Waals surface area contributed by atoms with Crippen molar-refractivity contribution in [2.75, 3.05) is 13.2 Å². The molecule has 3 aromatic carbocycles. The highest BCUT2D eigenvalue weighted by molar-refractivity contribution is 9.10. The normalized spacial score (nSPS) is 11.2. The molecule has 4 aromatic rings. The molecule has 0 saturated carbocycles. The molecule has 198 valence electrons. The lowest BCUT2D eigenvalue weighted by Crippen LogP contribution is -2.26. The first-order valence-electron chi connectivity index (χ1n) is 12.2. The number of non-ortho nitro benzene ring substituents is 1. The van der Waals surface area contributed by atoms with Crippen molar-refractivity contribution >= 4 is 44.5 Å². The zero-order valence-electron chi connectivity index (χ0n) is 21.1. The molecule has 4 rings (SSSR count). The van der Waals surface area contributed by atoms with Gasteiger partial charge in [-0.2, -0.15) is 5.26 Å². The minimum Gasteiger partial charge on any atom is -0.490 e. The second-order valence-corrected chi connectivity index (χ2v) is 9.37. The Labute approximate surface area is 233 Å². The Balaban J connectivity index is 1.46. The number of hydrogen-bond donors (Lipinski definition) is 2. The van der Waals surface area contributed by atoms with E-state index in [1.807, 2.05) is 43.5 Å². The molecule has 0 bridgehead atoms. The molecule has 39 heavy (non-hydrogen) atoms. The Kier molecular flexibility index (Phi) is 8.97. The van der Waals surface area contributed by atoms with Crippen LogP contribution in [0.15, 0.2) is 76.9 Å². The first-order chi connectivity index (χ1) is 18.9. The number of ether oxygens (including phenoxy) is 2. The van der Waals surface area contributed by atoms with Crippen LogP contribution in [0.5, 0.6) is 11.5 Å². The summed E-state index contributed by atoms with van der Waals surface area (Å²) in [6, 6.07) is 19.5. The van der Waals surface area contributed by atoms with Crippen molar-refractivity contribution in [3.63, 3.8) is 0 Å². The second-order valence-electron chi connectivity index (χ2n) is 8.51. The summed E-state index contributed by atoms with van der Waals surface area (Å²) in [5.41, 5.74) is 3.23. The number of aromatic amines is 1. The lowest BCUT2D eigenvalue weighted by atomic mass is 10.1. The molecular weight excluding hydrogens is 564 g/mol. The van der Waals surface area contributed by atoms with Crippen molar-refractivity contribution in [1.82, 2.24) is 10.3 Å². The van der Waals surface area contributed by atoms with Crippen molar-refractivity contribution in [2.45, 2.75) is 20.0 Å². The molecule has 0 aliphatic rings. The van der Waals surface area contributed by atoms with Crippen LogP contribution in [0, 0.1) is 21.4 Å². The van der Waals surface area contributed by atoms with Crippen LogP contribution in [0.2, 0.25) is 0 Å². The van der Waals surface area contributed by atoms with Gasteiger partial charge in [-0.05, 0) is 70.2 Å². The molecule has 0 atom stereocenters. The van der Waals surface area contributed by atoms with E-state index in [-0.39, 0.29) is 17.9 Å². The number of carbonyl (C=O) groups is 1. The Morgan fingerprint density at radius 3 is 2.77 bits per heavy atom. The third kappa shape index (κ3) is 6.83. The van der Waals surface area contributed by atoms with Crippen LogP contribution in [-0.2, 0) is 17.8 Å². The third-order valence-corrected chi connectivity index (χ3v) is 6.46. The minimum atomic E-state index is -0.475. The standard InChI is InChI=1S/C29H25BrN4O5/c1-2-38-27-15-20(14-25(30)28(27)39-18-19-6-5-7-23(13-19)34(36)37)12-22(16-31)29(35)32-11-10-21-17-33-26-9-4-3-8-24(21)26/h3-9,12-15,17,33H,2,10-11,18H2,1H3,(H,32,35). The molecular formula is C29H25BrN4O5. The number of benzene rings is 3. The molecule has 0 aliphatic carbocycles. The highest BCUT2D eigenvalue weighted by Crippen LogP contribution is 2.38. The maximum Gasteiger partial charge on any atom is 0.269 e. The van der Waals surface area contributed by atoms with Gasteiger partial charge in [0.2, 0.25) is 0 Å². The van der Waals surface area contributed by atoms with E-state index >= 15 is 0 Å². The SMILES string of the molecule is CCOc1cc(C=C(C#N)C(=O)NCCc2c[nH]c3ccccc23)cc(Br)c1OCc1cccc([N+](=O)[O-])c1. The number of para-hydroxylation sites is 1. The molecule has 0 saturated heterocycles. The van der Waals surface area contributed by atoms with Gasteiger partial charge < -0.3 is 19.8 Å². The predicted molar refractivity (Wildman–Crippen MR) is 151 cm³/mol. The van der Waals surface area contributed by atoms with E-state index in [1.165, 1.54) is 18.2 Å². The number of hydrogen-bond acceptors (Lipinski definition) is 6. The summed E-state index contributed by atoms with van der Waals surface area (Å²) < 4.78 is 12.2. The van der Waals surface area contributed by atoms with E-state index in [0.717, 1.165) is 16.5 Å². The Hall–Kier alpha value is -4.62. The monoisotopic (exact) mass is 588 g/mol. The van der Waals surface area contributed by atoms with Gasteiger partial charge in [0.1, 0.15) is 18.2 Å². The van der Waals surface area contributed by atoms with Crippen LogP contribution in [0.25, 0.3) is 17.0 Å². The molecule has 10 heteroatoms. The maximum atomic E-state index is 12.7. The van der Waals surface area contributed by atoms with Gasteiger partial charge in [0.15, 0.2) is 11.5 Å². The highest BCUT2D eigenvalue weighted by Gasteiger charge is 2.15. The average molecular weight is 589 g/mol. The van der Waals surface area contributed by atoms with Crippen LogP contribution in [0.3, 0.4) is 0 Å². The fourth-order valence-electron chi connectivity index (χ4n) is 4.05. The lowest BCUT2D eigenvalue weighted by molar-refractivity contribution is -0.384. The molecule has 1 amide bonds. The van der Waals surface area contributed by atoms with Crippen LogP contribution in [-0.4, -0.2) is 29.0 Å². The van der Waals surface area contributed by atoms with E-state index in [9.17, 15) is 20.2 Å². The molecule has 0 aliphatic heterocycles. The summed E-state index contributed by atoms with van der Waals surface area (Å²) in [6.45, 7) is 2.63. The number of fused-ring (bicyclic) bond motifs is 1. The number of nitro groups is 1. The summed E-state index contributed by atoms with van der Waals surface area (Å²) in [6.07, 6.45) is 4.02. The lowest BCUT2D eigenvalue weighted by Gasteiger charge is -2.15. The number of nitrogens with one attached hydrogen (secondary N) is 2. The van der Waals surface area contributed by atoms with Gasteiger partial charge in [0, 0.05) is 35.8 Å². The summed E-state index contributed by atoms with van der Waals surface area (Å²) >= 11 is 3.48. The van der Waals surface area contributed by atoms with Crippen molar-refractivity contribution in [3.05, 3.63) is 104 Å². The first-order valence-corrected chi connectivity index (χ1v) is 13.0. The van der Waals surface area contributed by atoms with E-state index in [4.69, 9.17) is 9.47 Å². The van der Waals surface area contributed by atoms with E-state index < -0.39 is 10.8 Å². The third-order valence-electron chi connectivity index (χ3n) is 5.87. The molecule has 0 fully saturated rings. The first kappa shape index (κ1) is 27.4. The number of nitriles is 1. The van der Waals surface area contributed by atoms with Gasteiger partial charge >= 0.3 is 0 Å². The Morgan fingerprint density at radius 1 is 1.18 bits per heavy atom. The topological polar surface area (TPSA) is 130 Å². The maximum absolute atomic E-state index is 12.7. The van der Waals surface area contributed by atoms with Crippen molar-refractivity contribution < 1.29 is 19.2 Å². The van der Waals surface area contributed by atoms with Crippen LogP contribution >= 0.6 is 15.9 Å². The summed E-state index contributed by atoms with van der Waals surface area (Å²) in [5, 5.41) is 24.6. The van der Waals surface area contributed by atoms with E-state index in [2.05, 4.69) is 26.2 Å². The number of aromatic nitrogens is 1. The van der Waals surface area contributed by atoms with Gasteiger partial charge in [-0.1, -0.05) is 30.3 Å². The zero-order chi connectivity index (χ0) is 27.8. The number of amides is 1. The number of halogens is 1. The van der Waals surface area contributed by atoms with Gasteiger partial charge in [-0.15, -0.1) is 0 Å². The largest absolute Gasteiger partial charge is 0.490 e. The highest BCUT2D eigenvalue weighted by atomic mass is 79.9. The zero-order valence-corrected chi connectivity index (χ0v) is 22.7. The Morgan fingerprint density at radius 2 is 2.00 bits per heavy atom. The van der Waals surface area contributed by atoms with E-state index in [1.54, 1.807) is 24.3 Å². The summed E-state index contributed by atoms with van der Waals surface area (Å²) in [4.78, 5) is 26.6. The Bertz CT molecular complexity index is 1590. The van der Waals surface area contributed by atoms with E-state index in [0.29, 0.717) is 46.7 Å². The molecule has 0 radical (unpaired) electrons. The minimum absolute atomic E-state index is 0.0237. The van der Waals surface area contributed by atoms with Gasteiger partial charge in [0.05, 0.1) is 16.0 Å². The fraction of sp³-hybridized carbons (Fsp3) is 0.172. The number of H-pyrrole nitrogens is 1. The predicted octanol–water partition coefficient (Wildman–Crippen LogP) is 6.08. The fourth-order valence-corrected chi connectivity index (χ4v) is 4.62. The number of nitrogens with zero attached hydrogens (tertiary/aromatic N) is 2. The van der Waals surface area contributed by atoms with Crippen molar-refractivity contribution in [3.8, 4) is 17.6 Å². The molecule has 1 aromatic heterocycles. The molecule has 2 N–H and O–H groups in total. The summed E-state index contributed by atoms with van der Waals surface area (Å²) in [7, 11) is 0. The smallest absolute Gasteiger partial charge is 0.269 e. The van der Waals surface area contributed by atoms with Crippen molar-refractivity contribution in [1.29, 1.82) is 5.26 Å². The number of nitro benzene ring substituents is 1. The van der Waals surface area contributed by atoms with Gasteiger partial charge in [0.25, 0.3) is 11.6 Å². The molecule has 1 heterocycles. The second kappa shape index (κ2) is 12.8. The van der Waals surface area contributed by atoms with Gasteiger partial charge in [-0.3, -0.25) is 14.9 Å². The summed E-state index contributed by atoms with van der Waals surface area (Å²) in [5.74, 6) is 0.334. The molecule has 9 nitrogen and oxygen atoms in total. The van der Waals surface area contributed by atoms with Crippen LogP contribution in [0.1, 0.15) is 23.6 Å². The quantitative estimate of drug-likeness (QED) is 0.0944.